The van der Waals surface area contributed by atoms with Gasteiger partial charge in [0.2, 0.25) is 6.08 Å². The third-order valence-electron chi connectivity index (χ3n) is 4.26. The average molecular weight is 364 g/mol. The molecule has 26 heavy (non-hydrogen) atoms. The van der Waals surface area contributed by atoms with Crippen LogP contribution in [0.4, 0.5) is 5.95 Å². The van der Waals surface area contributed by atoms with Gasteiger partial charge in [-0.3, -0.25) is 9.56 Å². The van der Waals surface area contributed by atoms with Gasteiger partial charge in [-0.2, -0.15) is 0 Å². The number of hydrogen-bond acceptors (Lipinski definition) is 5. The number of benzene rings is 2. The summed E-state index contributed by atoms with van der Waals surface area (Å²) in [5.41, 5.74) is 2.51. The molecule has 0 saturated carbocycles. The van der Waals surface area contributed by atoms with E-state index < -0.39 is 5.54 Å². The molecule has 0 bridgehead atoms. The van der Waals surface area contributed by atoms with Gasteiger partial charge in [0.1, 0.15) is 5.54 Å². The van der Waals surface area contributed by atoms with Crippen molar-refractivity contribution in [1.29, 1.82) is 0 Å². The Hall–Kier alpha value is -3.08. The molecule has 6 nitrogen and oxygen atoms in total. The van der Waals surface area contributed by atoms with Gasteiger partial charge in [-0.15, -0.1) is 15.2 Å². The first-order valence-electron chi connectivity index (χ1n) is 8.01. The van der Waals surface area contributed by atoms with Crippen LogP contribution in [0.5, 0.6) is 0 Å². The molecule has 7 heteroatoms. The molecular formula is C19H14ClN5O. The first-order valence-corrected chi connectivity index (χ1v) is 8.39. The Bertz CT molecular complexity index is 1090. The molecule has 1 aliphatic heterocycles. The monoisotopic (exact) mass is 363 g/mol. The molecule has 0 unspecified atom stereocenters. The number of para-hydroxylation sites is 1. The molecule has 0 N–H and O–H groups in total. The number of isocyanates is 1. The Labute approximate surface area is 154 Å². The minimum atomic E-state index is -0.711. The molecule has 1 aromatic heterocycles. The first-order chi connectivity index (χ1) is 12.5. The number of nitrogens with zero attached hydrogens (tertiary/aromatic N) is 5. The van der Waals surface area contributed by atoms with Crippen LogP contribution >= 0.6 is 11.6 Å². The highest BCUT2D eigenvalue weighted by Gasteiger charge is 2.34. The van der Waals surface area contributed by atoms with E-state index in [4.69, 9.17) is 16.6 Å². The summed E-state index contributed by atoms with van der Waals surface area (Å²) in [7, 11) is 0. The van der Waals surface area contributed by atoms with Gasteiger partial charge in [-0.1, -0.05) is 48.0 Å². The zero-order valence-electron chi connectivity index (χ0n) is 14.1. The molecule has 3 aromatic rings. The largest absolute Gasteiger partial charge is 0.270 e. The van der Waals surface area contributed by atoms with Crippen LogP contribution in [-0.2, 0) is 10.3 Å². The highest BCUT2D eigenvalue weighted by atomic mass is 35.5. The van der Waals surface area contributed by atoms with Gasteiger partial charge in [0.25, 0.3) is 5.95 Å². The number of halogens is 1. The predicted molar refractivity (Wildman–Crippen MR) is 99.3 cm³/mol. The summed E-state index contributed by atoms with van der Waals surface area (Å²) in [6.07, 6.45) is 1.54. The minimum Gasteiger partial charge on any atom is -0.270 e. The minimum absolute atomic E-state index is 0.172. The van der Waals surface area contributed by atoms with Gasteiger partial charge in [0, 0.05) is 16.1 Å². The van der Waals surface area contributed by atoms with E-state index in [1.165, 1.54) is 0 Å². The molecule has 0 amide bonds. The van der Waals surface area contributed by atoms with Crippen molar-refractivity contribution in [2.24, 2.45) is 9.98 Å². The molecular weight excluding hydrogens is 350 g/mol. The van der Waals surface area contributed by atoms with Gasteiger partial charge >= 0.3 is 0 Å². The van der Waals surface area contributed by atoms with Crippen molar-refractivity contribution in [3.8, 4) is 5.69 Å². The molecule has 0 radical (unpaired) electrons. The summed E-state index contributed by atoms with van der Waals surface area (Å²) in [5, 5.41) is 8.88. The second-order valence-electron chi connectivity index (χ2n) is 6.38. The van der Waals surface area contributed by atoms with E-state index in [1.54, 1.807) is 10.6 Å². The maximum Gasteiger partial charge on any atom is 0.266 e. The zero-order valence-corrected chi connectivity index (χ0v) is 14.9. The molecule has 0 atom stereocenters. The molecule has 128 valence electrons. The van der Waals surface area contributed by atoms with Crippen molar-refractivity contribution in [2.45, 2.75) is 19.4 Å². The van der Waals surface area contributed by atoms with Crippen LogP contribution < -0.4 is 0 Å². The first kappa shape index (κ1) is 16.4. The van der Waals surface area contributed by atoms with E-state index in [9.17, 15) is 4.79 Å². The quantitative estimate of drug-likeness (QED) is 0.510. The summed E-state index contributed by atoms with van der Waals surface area (Å²) >= 11 is 6.45. The van der Waals surface area contributed by atoms with Gasteiger partial charge < -0.3 is 0 Å². The van der Waals surface area contributed by atoms with E-state index >= 15 is 0 Å². The maximum absolute atomic E-state index is 10.8. The van der Waals surface area contributed by atoms with Crippen molar-refractivity contribution in [1.82, 2.24) is 14.8 Å². The van der Waals surface area contributed by atoms with Gasteiger partial charge in [0.15, 0.2) is 5.82 Å². The lowest BCUT2D eigenvalue weighted by atomic mass is 9.99. The van der Waals surface area contributed by atoms with Gasteiger partial charge in [-0.05, 0) is 26.0 Å². The Balaban J connectivity index is 2.10. The normalized spacial score (nSPS) is 14.5. The lowest BCUT2D eigenvalue weighted by molar-refractivity contribution is 0.511. The van der Waals surface area contributed by atoms with E-state index in [0.29, 0.717) is 10.8 Å². The topological polar surface area (TPSA) is 72.5 Å². The Morgan fingerprint density at radius 2 is 1.73 bits per heavy atom. The van der Waals surface area contributed by atoms with E-state index in [0.717, 1.165) is 22.5 Å². The number of aromatic nitrogens is 3. The molecule has 0 aliphatic carbocycles. The molecule has 0 saturated heterocycles. The van der Waals surface area contributed by atoms with Crippen molar-refractivity contribution < 1.29 is 4.79 Å². The van der Waals surface area contributed by atoms with Crippen LogP contribution in [0.15, 0.2) is 58.5 Å². The Morgan fingerprint density at radius 3 is 2.46 bits per heavy atom. The van der Waals surface area contributed by atoms with Crippen LogP contribution in [-0.4, -0.2) is 26.6 Å². The van der Waals surface area contributed by atoms with Crippen LogP contribution in [0, 0.1) is 0 Å². The summed E-state index contributed by atoms with van der Waals surface area (Å²) in [5.74, 6) is 0.757. The number of fused-ring (bicyclic) bond motifs is 3. The summed E-state index contributed by atoms with van der Waals surface area (Å²) in [6.45, 7) is 3.87. The highest BCUT2D eigenvalue weighted by molar-refractivity contribution is 6.35. The van der Waals surface area contributed by atoms with Crippen LogP contribution in [0.1, 0.15) is 30.8 Å². The van der Waals surface area contributed by atoms with Crippen molar-refractivity contribution in [3.05, 3.63) is 70.5 Å². The number of carbonyl (C=O) groups excluding carboxylic acids is 1. The van der Waals surface area contributed by atoms with Gasteiger partial charge in [0.05, 0.1) is 11.4 Å². The number of rotatable bonds is 2. The lowest BCUT2D eigenvalue weighted by Gasteiger charge is -2.18. The lowest BCUT2D eigenvalue weighted by Crippen LogP contribution is -2.20. The van der Waals surface area contributed by atoms with Crippen molar-refractivity contribution >= 4 is 29.3 Å². The summed E-state index contributed by atoms with van der Waals surface area (Å²) in [4.78, 5) is 19.5. The zero-order chi connectivity index (χ0) is 18.3. The standard InChI is InChI=1S/C19H14ClN5O/c1-19(2)17-23-24-18(21-11-26)25(17)15-10-6-4-8-13(15)16(22-19)12-7-3-5-9-14(12)20/h3-10H,1-2H3. The molecule has 1 aliphatic rings. The second kappa shape index (κ2) is 6.02. The average Bonchev–Trinajstić information content (AvgIpc) is 3.01. The van der Waals surface area contributed by atoms with Crippen LogP contribution in [0.2, 0.25) is 5.02 Å². The SMILES string of the molecule is CC1(C)N=C(c2ccccc2Cl)c2ccccc2-n2c(N=C=O)nnc21. The van der Waals surface area contributed by atoms with E-state index in [1.807, 2.05) is 62.4 Å². The molecule has 2 aromatic carbocycles. The molecule has 4 rings (SSSR count). The Kier molecular flexibility index (Phi) is 3.80. The molecule has 2 heterocycles. The number of hydrogen-bond donors (Lipinski definition) is 0. The molecule has 0 spiro atoms. The molecule has 0 fully saturated rings. The summed E-state index contributed by atoms with van der Waals surface area (Å²) in [6, 6.07) is 15.3. The third kappa shape index (κ3) is 2.47. The number of aliphatic imine (C=N–C) groups is 2. The van der Waals surface area contributed by atoms with Crippen molar-refractivity contribution in [3.63, 3.8) is 0 Å². The van der Waals surface area contributed by atoms with Crippen LogP contribution in [0.25, 0.3) is 5.69 Å². The smallest absolute Gasteiger partial charge is 0.266 e. The maximum atomic E-state index is 10.8. The third-order valence-corrected chi connectivity index (χ3v) is 4.59. The van der Waals surface area contributed by atoms with Crippen molar-refractivity contribution in [2.75, 3.05) is 0 Å². The van der Waals surface area contributed by atoms with E-state index in [2.05, 4.69) is 15.2 Å². The second-order valence-corrected chi connectivity index (χ2v) is 6.79. The Morgan fingerprint density at radius 1 is 1.04 bits per heavy atom. The summed E-state index contributed by atoms with van der Waals surface area (Å²) < 4.78 is 1.74. The fourth-order valence-electron chi connectivity index (χ4n) is 3.12. The highest BCUT2D eigenvalue weighted by Crippen LogP contribution is 2.36. The van der Waals surface area contributed by atoms with E-state index in [-0.39, 0.29) is 5.95 Å². The fourth-order valence-corrected chi connectivity index (χ4v) is 3.35. The van der Waals surface area contributed by atoms with Crippen LogP contribution in [0.3, 0.4) is 0 Å². The predicted octanol–water partition coefficient (Wildman–Crippen LogP) is 3.97. The fraction of sp³-hybridized carbons (Fsp3) is 0.158. The van der Waals surface area contributed by atoms with Gasteiger partial charge in [-0.25, -0.2) is 4.79 Å².